The van der Waals surface area contributed by atoms with E-state index in [1.54, 1.807) is 0 Å². The predicted molar refractivity (Wildman–Crippen MR) is 81.8 cm³/mol. The van der Waals surface area contributed by atoms with Gasteiger partial charge in [0.1, 0.15) is 5.82 Å². The third-order valence-corrected chi connectivity index (χ3v) is 4.12. The highest BCUT2D eigenvalue weighted by Crippen LogP contribution is 2.34. The average molecular weight is 261 g/mol. The van der Waals surface area contributed by atoms with Crippen LogP contribution in [0.5, 0.6) is 0 Å². The van der Waals surface area contributed by atoms with Crippen LogP contribution >= 0.6 is 0 Å². The second-order valence-electron chi connectivity index (χ2n) is 5.84. The number of pyridine rings is 1. The molecule has 0 bridgehead atoms. The van der Waals surface area contributed by atoms with Gasteiger partial charge in [0.25, 0.3) is 0 Å². The van der Waals surface area contributed by atoms with Gasteiger partial charge < -0.3 is 4.90 Å². The SMILES string of the molecule is CCCCN1CCC[C@@H]1c1cnc(N(C)C)cc1C. The van der Waals surface area contributed by atoms with Crippen LogP contribution in [0.4, 0.5) is 5.82 Å². The van der Waals surface area contributed by atoms with Gasteiger partial charge in [-0.3, -0.25) is 4.90 Å². The van der Waals surface area contributed by atoms with Gasteiger partial charge in [0.15, 0.2) is 0 Å². The number of anilines is 1. The van der Waals surface area contributed by atoms with Gasteiger partial charge in [-0.15, -0.1) is 0 Å². The average Bonchev–Trinajstić information content (AvgIpc) is 2.84. The van der Waals surface area contributed by atoms with Crippen LogP contribution in [-0.2, 0) is 0 Å². The molecule has 106 valence electrons. The summed E-state index contributed by atoms with van der Waals surface area (Å²) in [6.07, 6.45) is 7.29. The minimum absolute atomic E-state index is 0.593. The van der Waals surface area contributed by atoms with Crippen LogP contribution in [0.15, 0.2) is 12.3 Å². The molecule has 3 heteroatoms. The summed E-state index contributed by atoms with van der Waals surface area (Å²) in [6, 6.07) is 2.81. The van der Waals surface area contributed by atoms with Gasteiger partial charge in [-0.2, -0.15) is 0 Å². The zero-order chi connectivity index (χ0) is 13.8. The Morgan fingerprint density at radius 1 is 1.42 bits per heavy atom. The molecule has 1 atom stereocenters. The molecule has 0 amide bonds. The molecule has 1 fully saturated rings. The van der Waals surface area contributed by atoms with Crippen molar-refractivity contribution < 1.29 is 0 Å². The van der Waals surface area contributed by atoms with Crippen molar-refractivity contribution in [2.24, 2.45) is 0 Å². The monoisotopic (exact) mass is 261 g/mol. The first-order valence-corrected chi connectivity index (χ1v) is 7.51. The number of aryl methyl sites for hydroxylation is 1. The fourth-order valence-electron chi connectivity index (χ4n) is 2.95. The lowest BCUT2D eigenvalue weighted by Crippen LogP contribution is -2.25. The van der Waals surface area contributed by atoms with E-state index in [0.717, 1.165) is 5.82 Å². The highest BCUT2D eigenvalue weighted by Gasteiger charge is 2.26. The molecule has 0 saturated carbocycles. The van der Waals surface area contributed by atoms with E-state index < -0.39 is 0 Å². The Labute approximate surface area is 117 Å². The Morgan fingerprint density at radius 3 is 2.84 bits per heavy atom. The van der Waals surface area contributed by atoms with E-state index in [0.29, 0.717) is 6.04 Å². The fraction of sp³-hybridized carbons (Fsp3) is 0.688. The van der Waals surface area contributed by atoms with Crippen LogP contribution in [0.2, 0.25) is 0 Å². The van der Waals surface area contributed by atoms with Crippen molar-refractivity contribution >= 4 is 5.82 Å². The van der Waals surface area contributed by atoms with Gasteiger partial charge in [0, 0.05) is 26.3 Å². The number of hydrogen-bond acceptors (Lipinski definition) is 3. The Morgan fingerprint density at radius 2 is 2.21 bits per heavy atom. The molecule has 0 aromatic carbocycles. The Hall–Kier alpha value is -1.09. The molecule has 1 aromatic rings. The molecule has 1 saturated heterocycles. The van der Waals surface area contributed by atoms with Gasteiger partial charge in [-0.25, -0.2) is 4.98 Å². The van der Waals surface area contributed by atoms with Crippen LogP contribution in [0.25, 0.3) is 0 Å². The summed E-state index contributed by atoms with van der Waals surface area (Å²) in [4.78, 5) is 9.31. The van der Waals surface area contributed by atoms with E-state index in [9.17, 15) is 0 Å². The number of aromatic nitrogens is 1. The van der Waals surface area contributed by atoms with Crippen LogP contribution in [0.3, 0.4) is 0 Å². The maximum Gasteiger partial charge on any atom is 0.128 e. The van der Waals surface area contributed by atoms with E-state index in [1.165, 1.54) is 49.9 Å². The first kappa shape index (κ1) is 14.3. The van der Waals surface area contributed by atoms with Crippen molar-refractivity contribution in [3.05, 3.63) is 23.4 Å². The van der Waals surface area contributed by atoms with E-state index in [2.05, 4.69) is 40.9 Å². The molecule has 0 unspecified atom stereocenters. The van der Waals surface area contributed by atoms with Gasteiger partial charge in [0.05, 0.1) is 0 Å². The number of rotatable bonds is 5. The van der Waals surface area contributed by atoms with Crippen LogP contribution in [-0.4, -0.2) is 37.1 Å². The standard InChI is InChI=1S/C16H27N3/c1-5-6-9-19-10-7-8-15(19)14-12-17-16(18(3)4)11-13(14)2/h11-12,15H,5-10H2,1-4H3/t15-/m1/s1. The van der Waals surface area contributed by atoms with Gasteiger partial charge in [-0.05, 0) is 56.5 Å². The molecule has 3 nitrogen and oxygen atoms in total. The minimum atomic E-state index is 0.593. The quantitative estimate of drug-likeness (QED) is 0.810. The third kappa shape index (κ3) is 3.27. The zero-order valence-corrected chi connectivity index (χ0v) is 12.8. The first-order valence-electron chi connectivity index (χ1n) is 7.51. The summed E-state index contributed by atoms with van der Waals surface area (Å²) in [5, 5.41) is 0. The minimum Gasteiger partial charge on any atom is -0.363 e. The lowest BCUT2D eigenvalue weighted by molar-refractivity contribution is 0.252. The second kappa shape index (κ2) is 6.38. The Balaban J connectivity index is 2.16. The lowest BCUT2D eigenvalue weighted by atomic mass is 10.0. The molecule has 1 aliphatic heterocycles. The molecule has 0 spiro atoms. The van der Waals surface area contributed by atoms with E-state index in [1.807, 2.05) is 14.1 Å². The van der Waals surface area contributed by atoms with Crippen molar-refractivity contribution in [2.45, 2.75) is 45.6 Å². The Bertz CT molecular complexity index is 414. The summed E-state index contributed by atoms with van der Waals surface area (Å²) in [6.45, 7) is 6.97. The number of nitrogens with zero attached hydrogens (tertiary/aromatic N) is 3. The summed E-state index contributed by atoms with van der Waals surface area (Å²) in [5.74, 6) is 1.05. The first-order chi connectivity index (χ1) is 9.13. The summed E-state index contributed by atoms with van der Waals surface area (Å²) in [7, 11) is 4.09. The van der Waals surface area contributed by atoms with Gasteiger partial charge in [0.2, 0.25) is 0 Å². The van der Waals surface area contributed by atoms with E-state index in [-0.39, 0.29) is 0 Å². The lowest BCUT2D eigenvalue weighted by Gasteiger charge is -2.26. The molecule has 0 radical (unpaired) electrons. The Kier molecular flexibility index (Phi) is 4.81. The molecule has 19 heavy (non-hydrogen) atoms. The van der Waals surface area contributed by atoms with Gasteiger partial charge >= 0.3 is 0 Å². The molecule has 2 heterocycles. The van der Waals surface area contributed by atoms with Crippen molar-refractivity contribution in [1.82, 2.24) is 9.88 Å². The molecular weight excluding hydrogens is 234 g/mol. The third-order valence-electron chi connectivity index (χ3n) is 4.12. The summed E-state index contributed by atoms with van der Waals surface area (Å²) in [5.41, 5.74) is 2.81. The topological polar surface area (TPSA) is 19.4 Å². The number of likely N-dealkylation sites (tertiary alicyclic amines) is 1. The second-order valence-corrected chi connectivity index (χ2v) is 5.84. The molecule has 1 aliphatic rings. The van der Waals surface area contributed by atoms with E-state index >= 15 is 0 Å². The normalized spacial score (nSPS) is 19.9. The maximum absolute atomic E-state index is 4.60. The van der Waals surface area contributed by atoms with Crippen molar-refractivity contribution in [1.29, 1.82) is 0 Å². The van der Waals surface area contributed by atoms with E-state index in [4.69, 9.17) is 0 Å². The largest absolute Gasteiger partial charge is 0.363 e. The fourth-order valence-corrected chi connectivity index (χ4v) is 2.95. The predicted octanol–water partition coefficient (Wildman–Crippen LogP) is 3.39. The van der Waals surface area contributed by atoms with Crippen LogP contribution in [0, 0.1) is 6.92 Å². The van der Waals surface area contributed by atoms with Crippen molar-refractivity contribution in [3.8, 4) is 0 Å². The van der Waals surface area contributed by atoms with Gasteiger partial charge in [-0.1, -0.05) is 13.3 Å². The molecule has 2 rings (SSSR count). The summed E-state index contributed by atoms with van der Waals surface area (Å²) < 4.78 is 0. The summed E-state index contributed by atoms with van der Waals surface area (Å²) >= 11 is 0. The molecule has 0 N–H and O–H groups in total. The van der Waals surface area contributed by atoms with Crippen molar-refractivity contribution in [3.63, 3.8) is 0 Å². The smallest absolute Gasteiger partial charge is 0.128 e. The molecule has 1 aromatic heterocycles. The zero-order valence-electron chi connectivity index (χ0n) is 12.8. The van der Waals surface area contributed by atoms with Crippen LogP contribution in [0.1, 0.15) is 49.8 Å². The number of unbranched alkanes of at least 4 members (excludes halogenated alkanes) is 1. The van der Waals surface area contributed by atoms with Crippen LogP contribution < -0.4 is 4.90 Å². The highest BCUT2D eigenvalue weighted by molar-refractivity contribution is 5.43. The molecule has 0 aliphatic carbocycles. The highest BCUT2D eigenvalue weighted by atomic mass is 15.2. The number of hydrogen-bond donors (Lipinski definition) is 0. The maximum atomic E-state index is 4.60. The molecular formula is C16H27N3. The van der Waals surface area contributed by atoms with Crippen molar-refractivity contribution in [2.75, 3.05) is 32.1 Å².